The third kappa shape index (κ3) is 4.39. The summed E-state index contributed by atoms with van der Waals surface area (Å²) in [6, 6.07) is 28.0. The molecule has 3 aromatic carbocycles. The minimum atomic E-state index is -0.708. The van der Waals surface area contributed by atoms with Crippen molar-refractivity contribution in [3.05, 3.63) is 135 Å². The van der Waals surface area contributed by atoms with E-state index in [1.807, 2.05) is 66.7 Å². The number of para-hydroxylation sites is 1. The van der Waals surface area contributed by atoms with Gasteiger partial charge in [-0.15, -0.1) is 0 Å². The van der Waals surface area contributed by atoms with Crippen LogP contribution >= 0.6 is 0 Å². The molecule has 0 aliphatic carbocycles. The summed E-state index contributed by atoms with van der Waals surface area (Å²) in [7, 11) is 0. The van der Waals surface area contributed by atoms with Crippen molar-refractivity contribution in [3.8, 4) is 5.75 Å². The molecule has 0 spiro atoms. The molecule has 0 unspecified atom stereocenters. The van der Waals surface area contributed by atoms with Gasteiger partial charge in [0.05, 0.1) is 12.3 Å². The molecule has 4 aromatic rings. The number of nitrogens with one attached hydrogen (secondary N) is 1. The maximum absolute atomic E-state index is 12.5. The molecule has 1 amide bonds. The van der Waals surface area contributed by atoms with Gasteiger partial charge in [-0.2, -0.15) is 5.10 Å². The molecule has 0 saturated heterocycles. The van der Waals surface area contributed by atoms with Gasteiger partial charge < -0.3 is 9.15 Å². The molecule has 1 N–H and O–H groups in total. The van der Waals surface area contributed by atoms with E-state index in [1.165, 1.54) is 6.07 Å². The highest BCUT2D eigenvalue weighted by atomic mass is 16.6. The highest BCUT2D eigenvalue weighted by molar-refractivity contribution is 5.96. The van der Waals surface area contributed by atoms with Crippen LogP contribution in [-0.2, 0) is 0 Å². The lowest BCUT2D eigenvalue weighted by atomic mass is 9.80. The van der Waals surface area contributed by atoms with Crippen molar-refractivity contribution in [1.29, 1.82) is 0 Å². The zero-order chi connectivity index (χ0) is 25.1. The molecular weight excluding hydrogens is 458 g/mol. The van der Waals surface area contributed by atoms with E-state index in [0.717, 1.165) is 39.6 Å². The lowest BCUT2D eigenvalue weighted by Crippen LogP contribution is -2.21. The second-order valence-electron chi connectivity index (χ2n) is 8.17. The Labute approximate surface area is 206 Å². The number of nitro groups is 1. The number of nitrogens with zero attached hydrogens (tertiary/aromatic N) is 2. The molecule has 8 nitrogen and oxygen atoms in total. The Balaban J connectivity index is 1.59. The van der Waals surface area contributed by atoms with Gasteiger partial charge in [0.15, 0.2) is 0 Å². The number of fused-ring (bicyclic) bond motifs is 1. The lowest BCUT2D eigenvalue weighted by molar-refractivity contribution is -0.402. The molecule has 0 radical (unpaired) electrons. The number of ether oxygens (including phenoxy) is 1. The lowest BCUT2D eigenvalue weighted by Gasteiger charge is -2.30. The molecule has 0 saturated carbocycles. The van der Waals surface area contributed by atoms with Crippen molar-refractivity contribution < 1.29 is 18.9 Å². The van der Waals surface area contributed by atoms with E-state index in [0.29, 0.717) is 5.76 Å². The summed E-state index contributed by atoms with van der Waals surface area (Å²) >= 11 is 0. The van der Waals surface area contributed by atoms with Gasteiger partial charge in [-0.1, -0.05) is 72.8 Å². The first-order valence-corrected chi connectivity index (χ1v) is 11.2. The van der Waals surface area contributed by atoms with Crippen LogP contribution in [0.15, 0.2) is 106 Å². The molecule has 0 fully saturated rings. The van der Waals surface area contributed by atoms with Crippen LogP contribution in [0.2, 0.25) is 0 Å². The van der Waals surface area contributed by atoms with Gasteiger partial charge in [0, 0.05) is 22.6 Å². The summed E-state index contributed by atoms with van der Waals surface area (Å²) in [6.45, 7) is 2.05. The highest BCUT2D eigenvalue weighted by Crippen LogP contribution is 2.45. The standard InChI is InChI=1S/C28H21N3O5/c1-18-9-5-6-12-20(18)26-21-13-7-8-14-23(21)36-27(19-10-3-2-4-11-19)22(26)17-29-30-28(32)24-15-16-25(35-24)31(33)34/h2-17,26H,1H3,(H,30,32)/t26-/m0/s1. The van der Waals surface area contributed by atoms with E-state index in [2.05, 4.69) is 29.6 Å². The molecule has 1 aromatic heterocycles. The molecule has 5 rings (SSSR count). The van der Waals surface area contributed by atoms with E-state index in [1.54, 1.807) is 6.21 Å². The van der Waals surface area contributed by atoms with E-state index in [4.69, 9.17) is 9.15 Å². The normalized spacial score (nSPS) is 14.9. The van der Waals surface area contributed by atoms with Crippen molar-refractivity contribution in [3.63, 3.8) is 0 Å². The number of amides is 1. The summed E-state index contributed by atoms with van der Waals surface area (Å²) < 4.78 is 11.3. The Morgan fingerprint density at radius 3 is 2.36 bits per heavy atom. The van der Waals surface area contributed by atoms with Crippen LogP contribution in [0.25, 0.3) is 5.76 Å². The SMILES string of the molecule is Cc1ccccc1[C@@H]1C(C=NNC(=O)c2ccc([N+](=O)[O-])o2)=C(c2ccccc2)Oc2ccccc21. The molecule has 8 heteroatoms. The maximum Gasteiger partial charge on any atom is 0.433 e. The van der Waals surface area contributed by atoms with Crippen molar-refractivity contribution in [2.75, 3.05) is 0 Å². The molecule has 36 heavy (non-hydrogen) atoms. The third-order valence-electron chi connectivity index (χ3n) is 5.92. The first-order chi connectivity index (χ1) is 17.5. The predicted octanol–water partition coefficient (Wildman–Crippen LogP) is 5.85. The number of rotatable bonds is 6. The number of hydrogen-bond acceptors (Lipinski definition) is 6. The van der Waals surface area contributed by atoms with Crippen molar-refractivity contribution in [2.45, 2.75) is 12.8 Å². The van der Waals surface area contributed by atoms with Gasteiger partial charge in [0.25, 0.3) is 0 Å². The molecular formula is C28H21N3O5. The van der Waals surface area contributed by atoms with Crippen molar-refractivity contribution >= 4 is 23.8 Å². The average Bonchev–Trinajstić information content (AvgIpc) is 3.40. The summed E-state index contributed by atoms with van der Waals surface area (Å²) in [5, 5.41) is 15.0. The number of benzene rings is 3. The summed E-state index contributed by atoms with van der Waals surface area (Å²) in [5.41, 5.74) is 7.17. The van der Waals surface area contributed by atoms with E-state index < -0.39 is 16.7 Å². The number of carbonyl (C=O) groups is 1. The van der Waals surface area contributed by atoms with Crippen LogP contribution < -0.4 is 10.2 Å². The molecule has 1 aliphatic heterocycles. The van der Waals surface area contributed by atoms with Gasteiger partial charge >= 0.3 is 11.8 Å². The first-order valence-electron chi connectivity index (χ1n) is 11.2. The van der Waals surface area contributed by atoms with E-state index >= 15 is 0 Å². The smallest absolute Gasteiger partial charge is 0.433 e. The van der Waals surface area contributed by atoms with Crippen LogP contribution in [0.5, 0.6) is 5.75 Å². The van der Waals surface area contributed by atoms with Crippen LogP contribution in [0.3, 0.4) is 0 Å². The van der Waals surface area contributed by atoms with Gasteiger partial charge in [0.2, 0.25) is 5.76 Å². The molecule has 2 heterocycles. The number of carbonyl (C=O) groups excluding carboxylic acids is 1. The Morgan fingerprint density at radius 1 is 0.944 bits per heavy atom. The van der Waals surface area contributed by atoms with Crippen LogP contribution in [0, 0.1) is 17.0 Å². The topological polar surface area (TPSA) is 107 Å². The van der Waals surface area contributed by atoms with Crippen LogP contribution in [0.4, 0.5) is 5.88 Å². The molecule has 1 aliphatic rings. The number of hydrogen-bond donors (Lipinski definition) is 1. The number of furan rings is 1. The Morgan fingerprint density at radius 2 is 1.64 bits per heavy atom. The second kappa shape index (κ2) is 9.71. The van der Waals surface area contributed by atoms with E-state index in [9.17, 15) is 14.9 Å². The fourth-order valence-corrected chi connectivity index (χ4v) is 4.24. The Hall–Kier alpha value is -4.98. The number of allylic oxidation sites excluding steroid dienone is 1. The minimum Gasteiger partial charge on any atom is -0.456 e. The van der Waals surface area contributed by atoms with Gasteiger partial charge in [-0.3, -0.25) is 14.9 Å². The highest BCUT2D eigenvalue weighted by Gasteiger charge is 2.31. The fraction of sp³-hybridized carbons (Fsp3) is 0.0714. The Kier molecular flexibility index (Phi) is 6.15. The minimum absolute atomic E-state index is 0.211. The molecule has 178 valence electrons. The predicted molar refractivity (Wildman–Crippen MR) is 135 cm³/mol. The summed E-state index contributed by atoms with van der Waals surface area (Å²) in [5.74, 6) is -0.280. The van der Waals surface area contributed by atoms with E-state index in [-0.39, 0.29) is 11.7 Å². The van der Waals surface area contributed by atoms with Crippen molar-refractivity contribution in [2.24, 2.45) is 5.10 Å². The van der Waals surface area contributed by atoms with Gasteiger partial charge in [-0.05, 0) is 30.2 Å². The molecule has 1 atom stereocenters. The summed E-state index contributed by atoms with van der Waals surface area (Å²) in [6.07, 6.45) is 1.56. The largest absolute Gasteiger partial charge is 0.456 e. The van der Waals surface area contributed by atoms with Crippen LogP contribution in [0.1, 0.15) is 38.7 Å². The fourth-order valence-electron chi connectivity index (χ4n) is 4.24. The zero-order valence-electron chi connectivity index (χ0n) is 19.3. The monoisotopic (exact) mass is 479 g/mol. The first kappa shape index (κ1) is 22.8. The quantitative estimate of drug-likeness (QED) is 0.212. The zero-order valence-corrected chi connectivity index (χ0v) is 19.3. The Bertz CT molecular complexity index is 1500. The van der Waals surface area contributed by atoms with Crippen LogP contribution in [-0.4, -0.2) is 17.0 Å². The average molecular weight is 479 g/mol. The van der Waals surface area contributed by atoms with Gasteiger partial charge in [0.1, 0.15) is 16.4 Å². The van der Waals surface area contributed by atoms with Gasteiger partial charge in [-0.25, -0.2) is 5.43 Å². The number of aryl methyl sites for hydroxylation is 1. The molecule has 0 bridgehead atoms. The van der Waals surface area contributed by atoms with Crippen molar-refractivity contribution in [1.82, 2.24) is 5.43 Å². The summed E-state index contributed by atoms with van der Waals surface area (Å²) in [4.78, 5) is 22.6. The third-order valence-corrected chi connectivity index (χ3v) is 5.92. The number of hydrazone groups is 1. The maximum atomic E-state index is 12.5. The second-order valence-corrected chi connectivity index (χ2v) is 8.17.